The van der Waals surface area contributed by atoms with E-state index < -0.39 is 5.97 Å². The number of carbonyl (C=O) groups is 1. The summed E-state index contributed by atoms with van der Waals surface area (Å²) in [5.41, 5.74) is 2.87. The van der Waals surface area contributed by atoms with Crippen LogP contribution in [0.15, 0.2) is 17.8 Å². The standard InChI is InChI=1S/C17H23N3O3/c1-6-22-15-13-10-18-20(9-8-11(3)4)16(13)19-12(5)14(15)17(21)23-7-2/h8,10H,6-7,9H2,1-5H3. The van der Waals surface area contributed by atoms with Crippen LogP contribution in [-0.2, 0) is 11.3 Å². The molecule has 0 fully saturated rings. The summed E-state index contributed by atoms with van der Waals surface area (Å²) in [5, 5.41) is 5.10. The van der Waals surface area contributed by atoms with Gasteiger partial charge in [-0.3, -0.25) is 0 Å². The molecule has 2 rings (SSSR count). The Bertz CT molecular complexity index is 743. The van der Waals surface area contributed by atoms with Gasteiger partial charge in [0.05, 0.1) is 37.0 Å². The minimum atomic E-state index is -0.417. The average Bonchev–Trinajstić information content (AvgIpc) is 2.88. The lowest BCUT2D eigenvalue weighted by molar-refractivity contribution is 0.0521. The van der Waals surface area contributed by atoms with Crippen molar-refractivity contribution < 1.29 is 14.3 Å². The molecule has 0 aliphatic heterocycles. The number of rotatable bonds is 6. The van der Waals surface area contributed by atoms with E-state index in [4.69, 9.17) is 9.47 Å². The van der Waals surface area contributed by atoms with Gasteiger partial charge in [0, 0.05) is 0 Å². The fourth-order valence-electron chi connectivity index (χ4n) is 2.31. The van der Waals surface area contributed by atoms with Gasteiger partial charge in [-0.2, -0.15) is 5.10 Å². The first-order valence-electron chi connectivity index (χ1n) is 7.78. The number of aromatic nitrogens is 3. The molecule has 23 heavy (non-hydrogen) atoms. The fourth-order valence-corrected chi connectivity index (χ4v) is 2.31. The van der Waals surface area contributed by atoms with Crippen LogP contribution in [0.1, 0.15) is 43.7 Å². The van der Waals surface area contributed by atoms with Crippen molar-refractivity contribution in [3.63, 3.8) is 0 Å². The van der Waals surface area contributed by atoms with E-state index in [-0.39, 0.29) is 0 Å². The molecule has 0 amide bonds. The van der Waals surface area contributed by atoms with E-state index in [1.807, 2.05) is 20.8 Å². The average molecular weight is 317 g/mol. The Labute approximate surface area is 136 Å². The second-order valence-corrected chi connectivity index (χ2v) is 5.40. The molecule has 2 aromatic rings. The van der Waals surface area contributed by atoms with Crippen LogP contribution in [-0.4, -0.2) is 33.9 Å². The van der Waals surface area contributed by atoms with Crippen molar-refractivity contribution in [3.8, 4) is 5.75 Å². The fraction of sp³-hybridized carbons (Fsp3) is 0.471. The minimum Gasteiger partial charge on any atom is -0.492 e. The minimum absolute atomic E-state index is 0.307. The summed E-state index contributed by atoms with van der Waals surface area (Å²) >= 11 is 0. The highest BCUT2D eigenvalue weighted by molar-refractivity contribution is 6.00. The Kier molecular flexibility index (Phi) is 5.36. The van der Waals surface area contributed by atoms with E-state index in [1.54, 1.807) is 24.7 Å². The van der Waals surface area contributed by atoms with Gasteiger partial charge in [0.1, 0.15) is 11.3 Å². The highest BCUT2D eigenvalue weighted by Crippen LogP contribution is 2.31. The van der Waals surface area contributed by atoms with Crippen LogP contribution >= 0.6 is 0 Å². The molecular weight excluding hydrogens is 294 g/mol. The van der Waals surface area contributed by atoms with Gasteiger partial charge < -0.3 is 9.47 Å². The summed E-state index contributed by atoms with van der Waals surface area (Å²) in [6, 6.07) is 0. The van der Waals surface area contributed by atoms with Gasteiger partial charge in [0.2, 0.25) is 0 Å². The van der Waals surface area contributed by atoms with Crippen LogP contribution in [0.2, 0.25) is 0 Å². The number of carbonyl (C=O) groups excluding carboxylic acids is 1. The molecule has 0 saturated carbocycles. The summed E-state index contributed by atoms with van der Waals surface area (Å²) < 4.78 is 12.7. The second kappa shape index (κ2) is 7.26. The molecule has 0 bridgehead atoms. The molecule has 6 heteroatoms. The van der Waals surface area contributed by atoms with Gasteiger partial charge >= 0.3 is 5.97 Å². The molecule has 0 saturated heterocycles. The third-order valence-electron chi connectivity index (χ3n) is 3.36. The number of nitrogens with zero attached hydrogens (tertiary/aromatic N) is 3. The molecule has 124 valence electrons. The highest BCUT2D eigenvalue weighted by atomic mass is 16.5. The molecule has 6 nitrogen and oxygen atoms in total. The Morgan fingerprint density at radius 2 is 2.04 bits per heavy atom. The summed E-state index contributed by atoms with van der Waals surface area (Å²) in [4.78, 5) is 16.8. The van der Waals surface area contributed by atoms with Gasteiger partial charge in [0.15, 0.2) is 5.65 Å². The Morgan fingerprint density at radius 1 is 1.30 bits per heavy atom. The van der Waals surface area contributed by atoms with Crippen LogP contribution in [0.25, 0.3) is 11.0 Å². The molecule has 0 unspecified atom stereocenters. The molecule has 0 atom stereocenters. The number of esters is 1. The quantitative estimate of drug-likeness (QED) is 0.604. The van der Waals surface area contributed by atoms with Crippen LogP contribution in [0, 0.1) is 6.92 Å². The van der Waals surface area contributed by atoms with Crippen LogP contribution < -0.4 is 4.74 Å². The summed E-state index contributed by atoms with van der Waals surface area (Å²) in [7, 11) is 0. The van der Waals surface area contributed by atoms with Crippen LogP contribution in [0.5, 0.6) is 5.75 Å². The molecule has 0 radical (unpaired) electrons. The maximum absolute atomic E-state index is 12.2. The Morgan fingerprint density at radius 3 is 2.65 bits per heavy atom. The lowest BCUT2D eigenvalue weighted by atomic mass is 10.1. The molecule has 0 aromatic carbocycles. The number of allylic oxidation sites excluding steroid dienone is 2. The van der Waals surface area contributed by atoms with Crippen molar-refractivity contribution >= 4 is 17.0 Å². The Hall–Kier alpha value is -2.37. The van der Waals surface area contributed by atoms with Gasteiger partial charge in [-0.1, -0.05) is 11.6 Å². The topological polar surface area (TPSA) is 66.2 Å². The zero-order chi connectivity index (χ0) is 17.0. The highest BCUT2D eigenvalue weighted by Gasteiger charge is 2.23. The zero-order valence-corrected chi connectivity index (χ0v) is 14.3. The first-order chi connectivity index (χ1) is 11.0. The molecule has 0 aliphatic rings. The summed E-state index contributed by atoms with van der Waals surface area (Å²) in [6.45, 7) is 10.9. The van der Waals surface area contributed by atoms with Crippen molar-refractivity contribution in [1.29, 1.82) is 0 Å². The number of aryl methyl sites for hydroxylation is 1. The second-order valence-electron chi connectivity index (χ2n) is 5.40. The van der Waals surface area contributed by atoms with Crippen molar-refractivity contribution in [2.75, 3.05) is 13.2 Å². The van der Waals surface area contributed by atoms with E-state index in [9.17, 15) is 4.79 Å². The van der Waals surface area contributed by atoms with E-state index >= 15 is 0 Å². The van der Waals surface area contributed by atoms with Crippen molar-refractivity contribution in [2.45, 2.75) is 41.2 Å². The number of fused-ring (bicyclic) bond motifs is 1. The molecule has 2 heterocycles. The third kappa shape index (κ3) is 3.52. The van der Waals surface area contributed by atoms with Crippen molar-refractivity contribution in [3.05, 3.63) is 29.1 Å². The van der Waals surface area contributed by atoms with E-state index in [0.717, 1.165) is 5.39 Å². The lowest BCUT2D eigenvalue weighted by Gasteiger charge is -2.13. The maximum atomic E-state index is 12.2. The van der Waals surface area contributed by atoms with E-state index in [2.05, 4.69) is 16.2 Å². The van der Waals surface area contributed by atoms with E-state index in [1.165, 1.54) is 5.57 Å². The van der Waals surface area contributed by atoms with Gasteiger partial charge in [-0.15, -0.1) is 0 Å². The molecule has 0 aliphatic carbocycles. The SMILES string of the molecule is CCOC(=O)c1c(C)nc2c(cnn2CC=C(C)C)c1OCC. The van der Waals surface area contributed by atoms with Gasteiger partial charge in [-0.25, -0.2) is 14.5 Å². The number of hydrogen-bond acceptors (Lipinski definition) is 5. The molecule has 0 N–H and O–H groups in total. The normalized spacial score (nSPS) is 10.7. The first kappa shape index (κ1) is 17.0. The third-order valence-corrected chi connectivity index (χ3v) is 3.36. The zero-order valence-electron chi connectivity index (χ0n) is 14.3. The van der Waals surface area contributed by atoms with Gasteiger partial charge in [0.25, 0.3) is 0 Å². The summed E-state index contributed by atoms with van der Waals surface area (Å²) in [6.07, 6.45) is 3.76. The molecule has 2 aromatic heterocycles. The monoisotopic (exact) mass is 317 g/mol. The smallest absolute Gasteiger partial charge is 0.343 e. The molecular formula is C17H23N3O3. The van der Waals surface area contributed by atoms with Gasteiger partial charge in [-0.05, 0) is 34.6 Å². The molecule has 0 spiro atoms. The van der Waals surface area contributed by atoms with Crippen molar-refractivity contribution in [2.24, 2.45) is 0 Å². The number of pyridine rings is 1. The van der Waals surface area contributed by atoms with Crippen LogP contribution in [0.4, 0.5) is 0 Å². The summed E-state index contributed by atoms with van der Waals surface area (Å²) in [5.74, 6) is 0.0804. The van der Waals surface area contributed by atoms with E-state index in [0.29, 0.717) is 42.4 Å². The largest absolute Gasteiger partial charge is 0.492 e. The predicted molar refractivity (Wildman–Crippen MR) is 88.8 cm³/mol. The van der Waals surface area contributed by atoms with Crippen LogP contribution in [0.3, 0.4) is 0 Å². The first-order valence-corrected chi connectivity index (χ1v) is 7.78. The maximum Gasteiger partial charge on any atom is 0.343 e. The number of ether oxygens (including phenoxy) is 2. The Balaban J connectivity index is 2.61. The number of hydrogen-bond donors (Lipinski definition) is 0. The lowest BCUT2D eigenvalue weighted by Crippen LogP contribution is -2.12. The van der Waals surface area contributed by atoms with Crippen molar-refractivity contribution in [1.82, 2.24) is 14.8 Å². The predicted octanol–water partition coefficient (Wildman–Crippen LogP) is 3.28.